The molecule has 1 saturated heterocycles. The molecular weight excluding hydrogens is 228 g/mol. The summed E-state index contributed by atoms with van der Waals surface area (Å²) in [7, 11) is 0. The van der Waals surface area contributed by atoms with Crippen LogP contribution in [-0.2, 0) is 0 Å². The van der Waals surface area contributed by atoms with Crippen molar-refractivity contribution in [3.8, 4) is 5.69 Å². The minimum absolute atomic E-state index is 0.0192. The van der Waals surface area contributed by atoms with Gasteiger partial charge in [0.05, 0.1) is 6.10 Å². The average molecular weight is 242 g/mol. The van der Waals surface area contributed by atoms with E-state index in [1.165, 1.54) is 0 Å². The lowest BCUT2D eigenvalue weighted by molar-refractivity contribution is 0.00589. The predicted molar refractivity (Wildman–Crippen MR) is 67.7 cm³/mol. The molecular formula is C14H14N2O2. The Morgan fingerprint density at radius 3 is 2.56 bits per heavy atom. The maximum absolute atomic E-state index is 12.1. The zero-order valence-electron chi connectivity index (χ0n) is 9.86. The van der Waals surface area contributed by atoms with E-state index in [9.17, 15) is 9.90 Å². The van der Waals surface area contributed by atoms with E-state index in [1.54, 1.807) is 11.0 Å². The van der Waals surface area contributed by atoms with Crippen molar-refractivity contribution in [1.82, 2.24) is 9.47 Å². The van der Waals surface area contributed by atoms with Gasteiger partial charge in [0.15, 0.2) is 0 Å². The maximum Gasteiger partial charge on any atom is 0.254 e. The van der Waals surface area contributed by atoms with Gasteiger partial charge in [-0.3, -0.25) is 4.79 Å². The number of rotatable bonds is 2. The van der Waals surface area contributed by atoms with Crippen LogP contribution in [0.3, 0.4) is 0 Å². The normalized spacial score (nSPS) is 15.5. The van der Waals surface area contributed by atoms with Gasteiger partial charge in [-0.25, -0.2) is 0 Å². The lowest BCUT2D eigenvalue weighted by Crippen LogP contribution is -2.53. The summed E-state index contributed by atoms with van der Waals surface area (Å²) in [5.41, 5.74) is 1.63. The Labute approximate surface area is 105 Å². The summed E-state index contributed by atoms with van der Waals surface area (Å²) in [4.78, 5) is 13.8. The van der Waals surface area contributed by atoms with Gasteiger partial charge in [-0.1, -0.05) is 6.07 Å². The van der Waals surface area contributed by atoms with Crippen molar-refractivity contribution in [1.29, 1.82) is 0 Å². The first-order chi connectivity index (χ1) is 8.74. The number of nitrogens with zero attached hydrogens (tertiary/aromatic N) is 2. The zero-order chi connectivity index (χ0) is 12.5. The summed E-state index contributed by atoms with van der Waals surface area (Å²) in [5, 5.41) is 9.22. The molecule has 92 valence electrons. The minimum atomic E-state index is -0.360. The van der Waals surface area contributed by atoms with Crippen molar-refractivity contribution in [2.75, 3.05) is 13.1 Å². The molecule has 0 spiro atoms. The van der Waals surface area contributed by atoms with Crippen LogP contribution in [0.15, 0.2) is 48.8 Å². The molecule has 18 heavy (non-hydrogen) atoms. The summed E-state index contributed by atoms with van der Waals surface area (Å²) in [5.74, 6) is -0.0192. The molecule has 1 amide bonds. The first-order valence-electron chi connectivity index (χ1n) is 5.95. The first kappa shape index (κ1) is 11.0. The number of carbonyl (C=O) groups excluding carboxylic acids is 1. The molecule has 1 aromatic heterocycles. The number of amides is 1. The Hall–Kier alpha value is -2.07. The van der Waals surface area contributed by atoms with Crippen molar-refractivity contribution in [3.05, 3.63) is 54.4 Å². The molecule has 4 nitrogen and oxygen atoms in total. The van der Waals surface area contributed by atoms with E-state index in [2.05, 4.69) is 0 Å². The zero-order valence-corrected chi connectivity index (χ0v) is 9.86. The van der Waals surface area contributed by atoms with Gasteiger partial charge in [0.2, 0.25) is 0 Å². The van der Waals surface area contributed by atoms with Gasteiger partial charge in [-0.2, -0.15) is 0 Å². The van der Waals surface area contributed by atoms with Gasteiger partial charge in [0, 0.05) is 36.7 Å². The van der Waals surface area contributed by atoms with Gasteiger partial charge in [0.25, 0.3) is 5.91 Å². The van der Waals surface area contributed by atoms with Gasteiger partial charge in [-0.05, 0) is 30.3 Å². The lowest BCUT2D eigenvalue weighted by Gasteiger charge is -2.35. The second kappa shape index (κ2) is 4.31. The van der Waals surface area contributed by atoms with Gasteiger partial charge in [-0.15, -0.1) is 0 Å². The Balaban J connectivity index is 1.85. The second-order valence-corrected chi connectivity index (χ2v) is 4.50. The highest BCUT2D eigenvalue weighted by Crippen LogP contribution is 2.16. The number of benzene rings is 1. The molecule has 1 aromatic carbocycles. The Morgan fingerprint density at radius 1 is 1.17 bits per heavy atom. The molecule has 2 heterocycles. The summed E-state index contributed by atoms with van der Waals surface area (Å²) in [6.45, 7) is 0.874. The number of carbonyl (C=O) groups is 1. The number of β-amino-alcohol motifs (C(OH)–C–C–N with tert-alkyl or cyclic N) is 1. The Kier molecular flexibility index (Phi) is 2.64. The van der Waals surface area contributed by atoms with E-state index in [-0.39, 0.29) is 12.0 Å². The number of likely N-dealkylation sites (tertiary alicyclic amines) is 1. The van der Waals surface area contributed by atoms with Crippen molar-refractivity contribution < 1.29 is 9.90 Å². The number of aliphatic hydroxyl groups is 1. The topological polar surface area (TPSA) is 45.5 Å². The Bertz CT molecular complexity index is 557. The van der Waals surface area contributed by atoms with Gasteiger partial charge >= 0.3 is 0 Å². The molecule has 0 radical (unpaired) electrons. The highest BCUT2D eigenvalue weighted by atomic mass is 16.3. The molecule has 4 heteroatoms. The average Bonchev–Trinajstić information content (AvgIpc) is 2.88. The first-order valence-corrected chi connectivity index (χ1v) is 5.95. The third-order valence-corrected chi connectivity index (χ3v) is 3.15. The van der Waals surface area contributed by atoms with Crippen LogP contribution in [0.25, 0.3) is 5.69 Å². The van der Waals surface area contributed by atoms with Crippen LogP contribution in [0.4, 0.5) is 0 Å². The second-order valence-electron chi connectivity index (χ2n) is 4.50. The number of hydrogen-bond donors (Lipinski definition) is 1. The molecule has 2 aromatic rings. The van der Waals surface area contributed by atoms with Crippen LogP contribution >= 0.6 is 0 Å². The van der Waals surface area contributed by atoms with Crippen LogP contribution in [0, 0.1) is 0 Å². The molecule has 1 aliphatic heterocycles. The van der Waals surface area contributed by atoms with E-state index >= 15 is 0 Å². The van der Waals surface area contributed by atoms with Crippen molar-refractivity contribution >= 4 is 5.91 Å². The fraction of sp³-hybridized carbons (Fsp3) is 0.214. The highest BCUT2D eigenvalue weighted by molar-refractivity contribution is 5.95. The van der Waals surface area contributed by atoms with Crippen molar-refractivity contribution in [3.63, 3.8) is 0 Å². The monoisotopic (exact) mass is 242 g/mol. The van der Waals surface area contributed by atoms with E-state index in [0.717, 1.165) is 5.69 Å². The van der Waals surface area contributed by atoms with Crippen LogP contribution in [0.1, 0.15) is 10.4 Å². The Morgan fingerprint density at radius 2 is 1.89 bits per heavy atom. The summed E-state index contributed by atoms with van der Waals surface area (Å²) in [6, 6.07) is 11.4. The van der Waals surface area contributed by atoms with Gasteiger partial charge in [0.1, 0.15) is 0 Å². The SMILES string of the molecule is O=C(c1cccc(-n2cccc2)c1)N1CC(O)C1. The highest BCUT2D eigenvalue weighted by Gasteiger charge is 2.29. The molecule has 3 rings (SSSR count). The molecule has 0 unspecified atom stereocenters. The lowest BCUT2D eigenvalue weighted by atomic mass is 10.1. The summed E-state index contributed by atoms with van der Waals surface area (Å²) in [6.07, 6.45) is 3.52. The molecule has 0 bridgehead atoms. The minimum Gasteiger partial charge on any atom is -0.389 e. The molecule has 0 atom stereocenters. The van der Waals surface area contributed by atoms with Gasteiger partial charge < -0.3 is 14.6 Å². The van der Waals surface area contributed by atoms with E-state index in [4.69, 9.17) is 0 Å². The van der Waals surface area contributed by atoms with Crippen LogP contribution < -0.4 is 0 Å². The molecule has 1 aliphatic rings. The van der Waals surface area contributed by atoms with Crippen LogP contribution in [0.2, 0.25) is 0 Å². The molecule has 1 N–H and O–H groups in total. The smallest absolute Gasteiger partial charge is 0.254 e. The maximum atomic E-state index is 12.1. The van der Waals surface area contributed by atoms with Crippen LogP contribution in [0.5, 0.6) is 0 Å². The summed E-state index contributed by atoms with van der Waals surface area (Å²) >= 11 is 0. The fourth-order valence-electron chi connectivity index (χ4n) is 2.11. The number of aliphatic hydroxyl groups excluding tert-OH is 1. The molecule has 0 aliphatic carbocycles. The quantitative estimate of drug-likeness (QED) is 0.862. The number of hydrogen-bond acceptors (Lipinski definition) is 2. The van der Waals surface area contributed by atoms with E-state index in [1.807, 2.05) is 47.3 Å². The standard InChI is InChI=1S/C14H14N2O2/c17-13-9-16(10-13)14(18)11-4-3-5-12(8-11)15-6-1-2-7-15/h1-8,13,17H,9-10H2. The number of aromatic nitrogens is 1. The van der Waals surface area contributed by atoms with E-state index < -0.39 is 0 Å². The molecule has 1 fully saturated rings. The third-order valence-electron chi connectivity index (χ3n) is 3.15. The predicted octanol–water partition coefficient (Wildman–Crippen LogP) is 1.29. The van der Waals surface area contributed by atoms with Crippen molar-refractivity contribution in [2.24, 2.45) is 0 Å². The summed E-state index contributed by atoms with van der Waals surface area (Å²) < 4.78 is 1.96. The largest absolute Gasteiger partial charge is 0.389 e. The van der Waals surface area contributed by atoms with E-state index in [0.29, 0.717) is 18.7 Å². The third kappa shape index (κ3) is 1.91. The van der Waals surface area contributed by atoms with Crippen molar-refractivity contribution in [2.45, 2.75) is 6.10 Å². The molecule has 0 saturated carbocycles. The fourth-order valence-corrected chi connectivity index (χ4v) is 2.11. The van der Waals surface area contributed by atoms with Crippen LogP contribution in [-0.4, -0.2) is 39.7 Å².